The third-order valence-corrected chi connectivity index (χ3v) is 6.24. The zero-order valence-corrected chi connectivity index (χ0v) is 16.9. The summed E-state index contributed by atoms with van der Waals surface area (Å²) < 4.78 is 38.8. The summed E-state index contributed by atoms with van der Waals surface area (Å²) in [6, 6.07) is 6.49. The second-order valence-electron chi connectivity index (χ2n) is 8.39. The Hall–Kier alpha value is -2.41. The van der Waals surface area contributed by atoms with Gasteiger partial charge in [0.15, 0.2) is 5.78 Å². The lowest BCUT2D eigenvalue weighted by molar-refractivity contribution is -0.137. The second kappa shape index (κ2) is 6.83. The number of hydrogen-bond donors (Lipinski definition) is 0. The number of rotatable bonds is 2. The van der Waals surface area contributed by atoms with Crippen LogP contribution in [0.1, 0.15) is 50.2 Å². The second-order valence-corrected chi connectivity index (χ2v) is 9.17. The summed E-state index contributed by atoms with van der Waals surface area (Å²) >= 11 is 1.51. The third kappa shape index (κ3) is 3.64. The standard InChI is InChI=1S/C22H20F3NO2S/c1-21(2)10-17-20(18(27)11-21)16(13-7-8-29-12-13)9-19(28)26(17)15-5-3-14(4-6-15)22(23,24)25/h3-8,12,16H,9-11H2,1-2H3/t16-/m1/s1. The molecule has 0 spiro atoms. The lowest BCUT2D eigenvalue weighted by atomic mass is 9.69. The van der Waals surface area contributed by atoms with Crippen LogP contribution in [0.2, 0.25) is 0 Å². The first-order chi connectivity index (χ1) is 13.6. The molecule has 7 heteroatoms. The van der Waals surface area contributed by atoms with Crippen LogP contribution >= 0.6 is 11.3 Å². The molecular formula is C22H20F3NO2S. The zero-order chi connectivity index (χ0) is 21.0. The molecule has 0 unspecified atom stereocenters. The van der Waals surface area contributed by atoms with E-state index in [1.807, 2.05) is 30.7 Å². The van der Waals surface area contributed by atoms with E-state index in [0.717, 1.165) is 17.7 Å². The molecule has 2 heterocycles. The molecule has 0 saturated carbocycles. The van der Waals surface area contributed by atoms with Gasteiger partial charge in [-0.25, -0.2) is 0 Å². The van der Waals surface area contributed by atoms with Crippen molar-refractivity contribution in [2.24, 2.45) is 5.41 Å². The lowest BCUT2D eigenvalue weighted by Gasteiger charge is -2.42. The van der Waals surface area contributed by atoms with Crippen LogP contribution in [0.4, 0.5) is 18.9 Å². The zero-order valence-electron chi connectivity index (χ0n) is 16.0. The molecule has 1 atom stereocenters. The number of nitrogens with zero attached hydrogens (tertiary/aromatic N) is 1. The molecule has 1 amide bonds. The first-order valence-electron chi connectivity index (χ1n) is 9.35. The van der Waals surface area contributed by atoms with E-state index in [1.165, 1.54) is 28.4 Å². The number of ketones is 1. The summed E-state index contributed by atoms with van der Waals surface area (Å²) in [5.41, 5.74) is 1.47. The molecule has 152 valence electrons. The maximum atomic E-state index is 13.1. The predicted octanol–water partition coefficient (Wildman–Crippen LogP) is 5.93. The fourth-order valence-corrected chi connectivity index (χ4v) is 4.99. The van der Waals surface area contributed by atoms with Crippen LogP contribution in [-0.2, 0) is 15.8 Å². The molecule has 0 bridgehead atoms. The smallest absolute Gasteiger partial charge is 0.294 e. The van der Waals surface area contributed by atoms with Crippen molar-refractivity contribution in [2.75, 3.05) is 4.90 Å². The van der Waals surface area contributed by atoms with Gasteiger partial charge in [-0.1, -0.05) is 13.8 Å². The molecular weight excluding hydrogens is 399 g/mol. The van der Waals surface area contributed by atoms with Crippen molar-refractivity contribution in [3.05, 3.63) is 63.5 Å². The van der Waals surface area contributed by atoms with Crippen molar-refractivity contribution in [3.8, 4) is 0 Å². The number of halogens is 3. The fourth-order valence-electron chi connectivity index (χ4n) is 4.27. The maximum Gasteiger partial charge on any atom is 0.416 e. The van der Waals surface area contributed by atoms with Crippen LogP contribution < -0.4 is 4.90 Å². The van der Waals surface area contributed by atoms with E-state index in [4.69, 9.17) is 0 Å². The van der Waals surface area contributed by atoms with E-state index in [-0.39, 0.29) is 29.4 Å². The minimum absolute atomic E-state index is 0.0110. The minimum Gasteiger partial charge on any atom is -0.294 e. The number of anilines is 1. The molecule has 1 aliphatic heterocycles. The first-order valence-corrected chi connectivity index (χ1v) is 10.3. The Balaban J connectivity index is 1.84. The molecule has 2 aromatic rings. The Kier molecular flexibility index (Phi) is 4.69. The van der Waals surface area contributed by atoms with E-state index >= 15 is 0 Å². The molecule has 0 fully saturated rings. The summed E-state index contributed by atoms with van der Waals surface area (Å²) in [4.78, 5) is 27.6. The van der Waals surface area contributed by atoms with Gasteiger partial charge in [-0.3, -0.25) is 14.5 Å². The summed E-state index contributed by atoms with van der Waals surface area (Å²) in [6.45, 7) is 3.94. The molecule has 4 rings (SSSR count). The SMILES string of the molecule is CC1(C)CC(=O)C2=C(C1)N(c1ccc(C(F)(F)F)cc1)C(=O)C[C@@H]2c1ccsc1. The van der Waals surface area contributed by atoms with Crippen molar-refractivity contribution in [1.82, 2.24) is 0 Å². The van der Waals surface area contributed by atoms with Crippen molar-refractivity contribution in [2.45, 2.75) is 45.2 Å². The molecule has 1 aromatic carbocycles. The van der Waals surface area contributed by atoms with Gasteiger partial charge in [-0.15, -0.1) is 0 Å². The Labute approximate surface area is 170 Å². The van der Waals surface area contributed by atoms with Gasteiger partial charge >= 0.3 is 6.18 Å². The van der Waals surface area contributed by atoms with Crippen LogP contribution in [-0.4, -0.2) is 11.7 Å². The van der Waals surface area contributed by atoms with Crippen molar-refractivity contribution in [3.63, 3.8) is 0 Å². The van der Waals surface area contributed by atoms with Crippen molar-refractivity contribution >= 4 is 28.7 Å². The van der Waals surface area contributed by atoms with E-state index in [9.17, 15) is 22.8 Å². The average Bonchev–Trinajstić information content (AvgIpc) is 3.13. The van der Waals surface area contributed by atoms with Gasteiger partial charge in [0.1, 0.15) is 0 Å². The van der Waals surface area contributed by atoms with Gasteiger partial charge in [0.2, 0.25) is 5.91 Å². The number of carbonyl (C=O) groups is 2. The molecule has 0 saturated heterocycles. The van der Waals surface area contributed by atoms with Crippen LogP contribution in [0.15, 0.2) is 52.4 Å². The number of carbonyl (C=O) groups excluding carboxylic acids is 2. The monoisotopic (exact) mass is 419 g/mol. The Morgan fingerprint density at radius 3 is 2.34 bits per heavy atom. The normalized spacial score (nSPS) is 22.1. The van der Waals surface area contributed by atoms with Crippen molar-refractivity contribution in [1.29, 1.82) is 0 Å². The number of Topliss-reactive ketones (excluding diaryl/α,β-unsaturated/α-hetero) is 1. The number of hydrogen-bond acceptors (Lipinski definition) is 3. The molecule has 0 N–H and O–H groups in total. The molecule has 3 nitrogen and oxygen atoms in total. The summed E-state index contributed by atoms with van der Waals surface area (Å²) in [7, 11) is 0. The molecule has 1 aliphatic carbocycles. The highest BCUT2D eigenvalue weighted by molar-refractivity contribution is 7.08. The fraction of sp³-hybridized carbons (Fsp3) is 0.364. The lowest BCUT2D eigenvalue weighted by Crippen LogP contribution is -2.43. The number of amides is 1. The van der Waals surface area contributed by atoms with E-state index in [0.29, 0.717) is 29.8 Å². The molecule has 29 heavy (non-hydrogen) atoms. The first kappa shape index (κ1) is 19.9. The van der Waals surface area contributed by atoms with Crippen LogP contribution in [0.5, 0.6) is 0 Å². The predicted molar refractivity (Wildman–Crippen MR) is 106 cm³/mol. The largest absolute Gasteiger partial charge is 0.416 e. The van der Waals surface area contributed by atoms with Gasteiger partial charge in [0.25, 0.3) is 0 Å². The molecule has 0 radical (unpaired) electrons. The van der Waals surface area contributed by atoms with Crippen LogP contribution in [0, 0.1) is 5.41 Å². The van der Waals surface area contributed by atoms with E-state index < -0.39 is 11.7 Å². The highest BCUT2D eigenvalue weighted by Crippen LogP contribution is 2.48. The van der Waals surface area contributed by atoms with Gasteiger partial charge in [0.05, 0.1) is 5.56 Å². The summed E-state index contributed by atoms with van der Waals surface area (Å²) in [5.74, 6) is -0.486. The Bertz CT molecular complexity index is 988. The third-order valence-electron chi connectivity index (χ3n) is 5.54. The number of allylic oxidation sites excluding steroid dienone is 2. The Morgan fingerprint density at radius 2 is 1.76 bits per heavy atom. The quantitative estimate of drug-likeness (QED) is 0.605. The highest BCUT2D eigenvalue weighted by atomic mass is 32.1. The van der Waals surface area contributed by atoms with E-state index in [2.05, 4.69) is 0 Å². The summed E-state index contributed by atoms with van der Waals surface area (Å²) in [6.07, 6.45) is -3.41. The number of benzene rings is 1. The Morgan fingerprint density at radius 1 is 1.07 bits per heavy atom. The average molecular weight is 419 g/mol. The van der Waals surface area contributed by atoms with Gasteiger partial charge < -0.3 is 0 Å². The van der Waals surface area contributed by atoms with Crippen LogP contribution in [0.25, 0.3) is 0 Å². The topological polar surface area (TPSA) is 37.4 Å². The minimum atomic E-state index is -4.44. The maximum absolute atomic E-state index is 13.1. The van der Waals surface area contributed by atoms with Gasteiger partial charge in [-0.2, -0.15) is 24.5 Å². The van der Waals surface area contributed by atoms with Gasteiger partial charge in [0, 0.05) is 35.7 Å². The number of alkyl halides is 3. The van der Waals surface area contributed by atoms with Crippen molar-refractivity contribution < 1.29 is 22.8 Å². The number of thiophene rings is 1. The highest BCUT2D eigenvalue weighted by Gasteiger charge is 2.44. The molecule has 2 aliphatic rings. The van der Waals surface area contributed by atoms with Crippen LogP contribution in [0.3, 0.4) is 0 Å². The summed E-state index contributed by atoms with van der Waals surface area (Å²) in [5, 5.41) is 3.86. The molecule has 1 aromatic heterocycles. The van der Waals surface area contributed by atoms with Gasteiger partial charge in [-0.05, 0) is 58.5 Å². The van der Waals surface area contributed by atoms with E-state index in [1.54, 1.807) is 0 Å².